The number of benzene rings is 1. The van der Waals surface area contributed by atoms with Gasteiger partial charge < -0.3 is 10.1 Å². The van der Waals surface area contributed by atoms with Gasteiger partial charge in [-0.15, -0.1) is 5.10 Å². The smallest absolute Gasteiger partial charge is 0.209 e. The van der Waals surface area contributed by atoms with E-state index < -0.39 is 0 Å². The number of hydrogen-bond donors (Lipinski definition) is 1. The van der Waals surface area contributed by atoms with Gasteiger partial charge in [0.15, 0.2) is 0 Å². The molecule has 2 atom stereocenters. The van der Waals surface area contributed by atoms with Gasteiger partial charge >= 0.3 is 0 Å². The summed E-state index contributed by atoms with van der Waals surface area (Å²) >= 11 is 1.66. The van der Waals surface area contributed by atoms with Gasteiger partial charge in [0.1, 0.15) is 5.75 Å². The molecule has 1 N–H and O–H groups in total. The zero-order valence-electron chi connectivity index (χ0n) is 12.8. The van der Waals surface area contributed by atoms with Crippen molar-refractivity contribution in [3.8, 4) is 5.75 Å². The Bertz CT molecular complexity index is 557. The molecule has 0 aliphatic rings. The zero-order valence-corrected chi connectivity index (χ0v) is 13.6. The van der Waals surface area contributed by atoms with Crippen molar-refractivity contribution in [1.82, 2.24) is 25.5 Å². The van der Waals surface area contributed by atoms with Crippen molar-refractivity contribution >= 4 is 11.8 Å². The minimum atomic E-state index is 0.225. The van der Waals surface area contributed by atoms with Gasteiger partial charge in [-0.1, -0.05) is 37.7 Å². The largest absolute Gasteiger partial charge is 0.497 e. The molecule has 1 heterocycles. The summed E-state index contributed by atoms with van der Waals surface area (Å²) in [6.07, 6.45) is 0. The lowest BCUT2D eigenvalue weighted by Crippen LogP contribution is -2.28. The number of nitrogens with zero attached hydrogens (tertiary/aromatic N) is 4. The highest BCUT2D eigenvalue weighted by Crippen LogP contribution is 2.31. The molecule has 21 heavy (non-hydrogen) atoms. The lowest BCUT2D eigenvalue weighted by atomic mass is 10.0. The van der Waals surface area contributed by atoms with Crippen LogP contribution in [0.15, 0.2) is 29.4 Å². The van der Waals surface area contributed by atoms with E-state index in [-0.39, 0.29) is 6.04 Å². The Hall–Kier alpha value is -1.60. The van der Waals surface area contributed by atoms with Crippen molar-refractivity contribution in [2.45, 2.75) is 30.3 Å². The van der Waals surface area contributed by atoms with Gasteiger partial charge in [-0.3, -0.25) is 0 Å². The summed E-state index contributed by atoms with van der Waals surface area (Å²) in [5.41, 5.74) is 1.23. The Morgan fingerprint density at radius 1 is 1.33 bits per heavy atom. The average molecular weight is 307 g/mol. The minimum Gasteiger partial charge on any atom is -0.497 e. The summed E-state index contributed by atoms with van der Waals surface area (Å²) in [6.45, 7) is 5.19. The topological polar surface area (TPSA) is 64.9 Å². The average Bonchev–Trinajstić information content (AvgIpc) is 2.90. The predicted molar refractivity (Wildman–Crippen MR) is 83.5 cm³/mol. The molecule has 0 aliphatic carbocycles. The second-order valence-electron chi connectivity index (χ2n) is 4.72. The summed E-state index contributed by atoms with van der Waals surface area (Å²) in [7, 11) is 3.53. The van der Waals surface area contributed by atoms with Crippen LogP contribution in [-0.4, -0.2) is 39.1 Å². The van der Waals surface area contributed by atoms with Crippen LogP contribution >= 0.6 is 11.8 Å². The van der Waals surface area contributed by atoms with Crippen molar-refractivity contribution in [3.63, 3.8) is 0 Å². The molecular formula is C14H21N5OS. The molecule has 2 unspecified atom stereocenters. The number of methoxy groups -OCH3 is 1. The fourth-order valence-corrected chi connectivity index (χ4v) is 3.14. The lowest BCUT2D eigenvalue weighted by molar-refractivity contribution is 0.414. The first-order chi connectivity index (χ1) is 10.2. The van der Waals surface area contributed by atoms with Crippen molar-refractivity contribution in [3.05, 3.63) is 29.8 Å². The van der Waals surface area contributed by atoms with Crippen molar-refractivity contribution in [1.29, 1.82) is 0 Å². The van der Waals surface area contributed by atoms with Crippen LogP contribution in [0.5, 0.6) is 5.75 Å². The van der Waals surface area contributed by atoms with Crippen molar-refractivity contribution in [2.75, 3.05) is 13.7 Å². The third-order valence-electron chi connectivity index (χ3n) is 3.24. The Morgan fingerprint density at radius 2 is 2.05 bits per heavy atom. The maximum Gasteiger partial charge on any atom is 0.209 e. The number of rotatable bonds is 7. The van der Waals surface area contributed by atoms with Crippen molar-refractivity contribution < 1.29 is 4.74 Å². The van der Waals surface area contributed by atoms with Crippen LogP contribution in [-0.2, 0) is 7.05 Å². The quantitative estimate of drug-likeness (QED) is 0.790. The number of aryl methyl sites for hydroxylation is 1. The fourth-order valence-electron chi connectivity index (χ4n) is 2.14. The number of nitrogens with one attached hydrogen (secondary N) is 1. The second-order valence-corrected chi connectivity index (χ2v) is 6.06. The molecule has 6 nitrogen and oxygen atoms in total. The number of tetrazole rings is 1. The minimum absolute atomic E-state index is 0.225. The highest BCUT2D eigenvalue weighted by atomic mass is 32.2. The van der Waals surface area contributed by atoms with Crippen LogP contribution in [0, 0.1) is 0 Å². The molecule has 114 valence electrons. The number of ether oxygens (including phenoxy) is 1. The number of hydrogen-bond acceptors (Lipinski definition) is 6. The normalized spacial score (nSPS) is 13.9. The molecule has 0 saturated carbocycles. The highest BCUT2D eigenvalue weighted by molar-refractivity contribution is 7.99. The van der Waals surface area contributed by atoms with Gasteiger partial charge in [0.2, 0.25) is 5.16 Å². The maximum atomic E-state index is 5.21. The van der Waals surface area contributed by atoms with Crippen LogP contribution in [0.4, 0.5) is 0 Å². The Kier molecular flexibility index (Phi) is 5.58. The molecule has 1 aromatic heterocycles. The van der Waals surface area contributed by atoms with E-state index in [1.165, 1.54) is 5.56 Å². The molecule has 2 aromatic rings. The van der Waals surface area contributed by atoms with E-state index in [0.717, 1.165) is 17.5 Å². The van der Waals surface area contributed by atoms with E-state index in [1.54, 1.807) is 23.6 Å². The summed E-state index contributed by atoms with van der Waals surface area (Å²) in [5.74, 6) is 0.867. The molecule has 2 rings (SSSR count). The summed E-state index contributed by atoms with van der Waals surface area (Å²) in [4.78, 5) is 0. The maximum absolute atomic E-state index is 5.21. The summed E-state index contributed by atoms with van der Waals surface area (Å²) < 4.78 is 6.91. The third kappa shape index (κ3) is 3.95. The summed E-state index contributed by atoms with van der Waals surface area (Å²) in [5, 5.41) is 16.2. The van der Waals surface area contributed by atoms with Crippen LogP contribution in [0.3, 0.4) is 0 Å². The third-order valence-corrected chi connectivity index (χ3v) is 4.44. The molecule has 0 amide bonds. The lowest BCUT2D eigenvalue weighted by Gasteiger charge is -2.24. The van der Waals surface area contributed by atoms with Gasteiger partial charge in [0, 0.05) is 18.3 Å². The molecule has 0 aliphatic heterocycles. The highest BCUT2D eigenvalue weighted by Gasteiger charge is 2.21. The molecule has 7 heteroatoms. The van der Waals surface area contributed by atoms with Gasteiger partial charge in [-0.25, -0.2) is 4.68 Å². The fraction of sp³-hybridized carbons (Fsp3) is 0.500. The van der Waals surface area contributed by atoms with E-state index >= 15 is 0 Å². The molecule has 0 spiro atoms. The first kappa shape index (κ1) is 15.8. The Balaban J connectivity index is 2.14. The van der Waals surface area contributed by atoms with Gasteiger partial charge in [0.25, 0.3) is 0 Å². The van der Waals surface area contributed by atoms with Crippen LogP contribution in [0.2, 0.25) is 0 Å². The molecule has 0 bridgehead atoms. The van der Waals surface area contributed by atoms with E-state index in [2.05, 4.69) is 46.8 Å². The molecule has 0 saturated heterocycles. The van der Waals surface area contributed by atoms with Gasteiger partial charge in [0.05, 0.1) is 7.11 Å². The second kappa shape index (κ2) is 7.42. The molecule has 0 radical (unpaired) electrons. The number of aromatic nitrogens is 4. The standard InChI is InChI=1S/C14H21N5OS/c1-5-15-13(11-6-8-12(20-4)9-7-11)10(2)21-14-16-17-18-19(14)3/h6-10,13,15H,5H2,1-4H3. The van der Waals surface area contributed by atoms with Gasteiger partial charge in [-0.2, -0.15) is 0 Å². The molecule has 0 fully saturated rings. The van der Waals surface area contributed by atoms with E-state index in [4.69, 9.17) is 4.74 Å². The van der Waals surface area contributed by atoms with E-state index in [1.807, 2.05) is 19.2 Å². The molecular weight excluding hydrogens is 286 g/mol. The van der Waals surface area contributed by atoms with E-state index in [9.17, 15) is 0 Å². The van der Waals surface area contributed by atoms with Gasteiger partial charge in [-0.05, 0) is 34.7 Å². The van der Waals surface area contributed by atoms with Crippen LogP contribution in [0.25, 0.3) is 0 Å². The molecule has 1 aromatic carbocycles. The monoisotopic (exact) mass is 307 g/mol. The van der Waals surface area contributed by atoms with E-state index in [0.29, 0.717) is 5.25 Å². The number of thioether (sulfide) groups is 1. The van der Waals surface area contributed by atoms with Crippen molar-refractivity contribution in [2.24, 2.45) is 7.05 Å². The predicted octanol–water partition coefficient (Wildman–Crippen LogP) is 2.05. The zero-order chi connectivity index (χ0) is 15.2. The Morgan fingerprint density at radius 3 is 2.57 bits per heavy atom. The Labute approximate surface area is 129 Å². The first-order valence-electron chi connectivity index (χ1n) is 6.92. The first-order valence-corrected chi connectivity index (χ1v) is 7.80. The summed E-state index contributed by atoms with van der Waals surface area (Å²) in [6, 6.07) is 8.39. The van der Waals surface area contributed by atoms with Crippen LogP contribution in [0.1, 0.15) is 25.5 Å². The SMILES string of the molecule is CCNC(c1ccc(OC)cc1)C(C)Sc1nnnn1C. The van der Waals surface area contributed by atoms with Crippen LogP contribution < -0.4 is 10.1 Å².